The molecule has 2 nitrogen and oxygen atoms in total. The summed E-state index contributed by atoms with van der Waals surface area (Å²) in [6, 6.07) is 1.37. The third-order valence-electron chi connectivity index (χ3n) is 5.72. The maximum atomic E-state index is 6.32. The van der Waals surface area contributed by atoms with Crippen molar-refractivity contribution in [2.24, 2.45) is 23.5 Å². The van der Waals surface area contributed by atoms with Gasteiger partial charge >= 0.3 is 0 Å². The summed E-state index contributed by atoms with van der Waals surface area (Å²) in [7, 11) is 0. The fourth-order valence-corrected chi connectivity index (χ4v) is 4.66. The minimum Gasteiger partial charge on any atom is -0.327 e. The Bertz CT molecular complexity index is 266. The fourth-order valence-electron chi connectivity index (χ4n) is 4.66. The van der Waals surface area contributed by atoms with Crippen LogP contribution in [0.3, 0.4) is 0 Å². The molecule has 0 spiro atoms. The first-order valence-electron chi connectivity index (χ1n) is 7.75. The first-order chi connectivity index (χ1) is 8.25. The molecule has 0 radical (unpaired) electrons. The highest BCUT2D eigenvalue weighted by Crippen LogP contribution is 2.39. The number of rotatable bonds is 1. The van der Waals surface area contributed by atoms with E-state index >= 15 is 0 Å². The van der Waals surface area contributed by atoms with Crippen LogP contribution in [0.25, 0.3) is 0 Å². The molecule has 1 heterocycles. The largest absolute Gasteiger partial charge is 0.327 e. The van der Waals surface area contributed by atoms with Crippen LogP contribution in [-0.2, 0) is 0 Å². The monoisotopic (exact) mass is 236 g/mol. The zero-order valence-electron chi connectivity index (χ0n) is 11.3. The Morgan fingerprint density at radius 1 is 0.941 bits per heavy atom. The van der Waals surface area contributed by atoms with Crippen LogP contribution < -0.4 is 5.73 Å². The number of hydrogen-bond donors (Lipinski definition) is 1. The molecule has 98 valence electrons. The van der Waals surface area contributed by atoms with Crippen molar-refractivity contribution in [3.05, 3.63) is 0 Å². The van der Waals surface area contributed by atoms with Crippen LogP contribution in [0.2, 0.25) is 0 Å². The first-order valence-corrected chi connectivity index (χ1v) is 7.75. The summed E-state index contributed by atoms with van der Waals surface area (Å²) in [5.41, 5.74) is 6.32. The molecule has 0 bridgehead atoms. The summed E-state index contributed by atoms with van der Waals surface area (Å²) in [5.74, 6) is 2.66. The van der Waals surface area contributed by atoms with Gasteiger partial charge in [-0.1, -0.05) is 26.2 Å². The number of hydrogen-bond acceptors (Lipinski definition) is 2. The summed E-state index contributed by atoms with van der Waals surface area (Å²) in [4.78, 5) is 2.81. The summed E-state index contributed by atoms with van der Waals surface area (Å²) in [6.07, 6.45) is 9.88. The molecule has 2 N–H and O–H groups in total. The van der Waals surface area contributed by atoms with Gasteiger partial charge < -0.3 is 5.73 Å². The molecule has 0 aromatic heterocycles. The minimum absolute atomic E-state index is 0.498. The van der Waals surface area contributed by atoms with Gasteiger partial charge in [-0.05, 0) is 43.4 Å². The Hall–Kier alpha value is -0.0800. The maximum Gasteiger partial charge on any atom is 0.0121 e. The highest BCUT2D eigenvalue weighted by molar-refractivity contribution is 4.96. The SMILES string of the molecule is CC1CCCCC1N1CC2CCCC(N)C2C1. The molecule has 5 atom stereocenters. The van der Waals surface area contributed by atoms with Gasteiger partial charge in [0.15, 0.2) is 0 Å². The number of likely N-dealkylation sites (tertiary alicyclic amines) is 1. The molecule has 0 aromatic carbocycles. The van der Waals surface area contributed by atoms with Crippen molar-refractivity contribution < 1.29 is 0 Å². The topological polar surface area (TPSA) is 29.3 Å². The smallest absolute Gasteiger partial charge is 0.0121 e. The number of nitrogens with zero attached hydrogens (tertiary/aromatic N) is 1. The minimum atomic E-state index is 0.498. The summed E-state index contributed by atoms with van der Waals surface area (Å²) >= 11 is 0. The Morgan fingerprint density at radius 2 is 1.76 bits per heavy atom. The highest BCUT2D eigenvalue weighted by atomic mass is 15.2. The van der Waals surface area contributed by atoms with E-state index in [0.717, 1.165) is 23.8 Å². The number of nitrogens with two attached hydrogens (primary N) is 1. The van der Waals surface area contributed by atoms with E-state index in [1.54, 1.807) is 0 Å². The molecule has 2 saturated carbocycles. The Morgan fingerprint density at radius 3 is 2.53 bits per heavy atom. The van der Waals surface area contributed by atoms with Crippen LogP contribution in [0.4, 0.5) is 0 Å². The normalized spacial score (nSPS) is 48.0. The van der Waals surface area contributed by atoms with E-state index in [0.29, 0.717) is 6.04 Å². The zero-order chi connectivity index (χ0) is 11.8. The van der Waals surface area contributed by atoms with Crippen molar-refractivity contribution in [3.8, 4) is 0 Å². The molecule has 17 heavy (non-hydrogen) atoms. The molecular formula is C15H28N2. The van der Waals surface area contributed by atoms with Crippen molar-refractivity contribution in [3.63, 3.8) is 0 Å². The van der Waals surface area contributed by atoms with Crippen LogP contribution in [0.5, 0.6) is 0 Å². The lowest BCUT2D eigenvalue weighted by Crippen LogP contribution is -2.41. The van der Waals surface area contributed by atoms with E-state index in [9.17, 15) is 0 Å². The molecule has 0 aromatic rings. The van der Waals surface area contributed by atoms with Gasteiger partial charge in [0.2, 0.25) is 0 Å². The summed E-state index contributed by atoms with van der Waals surface area (Å²) < 4.78 is 0. The van der Waals surface area contributed by atoms with Gasteiger partial charge in [-0.3, -0.25) is 4.90 Å². The lowest BCUT2D eigenvalue weighted by Gasteiger charge is -2.36. The lowest BCUT2D eigenvalue weighted by atomic mass is 9.78. The van der Waals surface area contributed by atoms with Crippen LogP contribution in [0.15, 0.2) is 0 Å². The molecule has 1 aliphatic heterocycles. The van der Waals surface area contributed by atoms with Gasteiger partial charge in [0.1, 0.15) is 0 Å². The van der Waals surface area contributed by atoms with E-state index < -0.39 is 0 Å². The van der Waals surface area contributed by atoms with Crippen molar-refractivity contribution >= 4 is 0 Å². The van der Waals surface area contributed by atoms with E-state index in [-0.39, 0.29) is 0 Å². The van der Waals surface area contributed by atoms with Crippen molar-refractivity contribution in [2.75, 3.05) is 13.1 Å². The quantitative estimate of drug-likeness (QED) is 0.758. The first kappa shape index (κ1) is 12.0. The average Bonchev–Trinajstić information content (AvgIpc) is 2.75. The zero-order valence-corrected chi connectivity index (χ0v) is 11.3. The molecular weight excluding hydrogens is 208 g/mol. The van der Waals surface area contributed by atoms with Crippen LogP contribution in [-0.4, -0.2) is 30.1 Å². The molecule has 1 saturated heterocycles. The molecule has 2 aliphatic carbocycles. The van der Waals surface area contributed by atoms with Crippen LogP contribution >= 0.6 is 0 Å². The second-order valence-electron chi connectivity index (χ2n) is 6.80. The van der Waals surface area contributed by atoms with Gasteiger partial charge in [-0.2, -0.15) is 0 Å². The van der Waals surface area contributed by atoms with E-state index in [1.807, 2.05) is 0 Å². The average molecular weight is 236 g/mol. The van der Waals surface area contributed by atoms with E-state index in [1.165, 1.54) is 58.0 Å². The third kappa shape index (κ3) is 2.26. The van der Waals surface area contributed by atoms with Gasteiger partial charge in [0.05, 0.1) is 0 Å². The predicted octanol–water partition coefficient (Wildman–Crippen LogP) is 2.62. The van der Waals surface area contributed by atoms with Gasteiger partial charge in [-0.15, -0.1) is 0 Å². The van der Waals surface area contributed by atoms with E-state index in [2.05, 4.69) is 11.8 Å². The van der Waals surface area contributed by atoms with Gasteiger partial charge in [0.25, 0.3) is 0 Å². The molecule has 0 amide bonds. The second-order valence-corrected chi connectivity index (χ2v) is 6.80. The summed E-state index contributed by atoms with van der Waals surface area (Å²) in [5, 5.41) is 0. The second kappa shape index (κ2) is 4.89. The van der Waals surface area contributed by atoms with Crippen molar-refractivity contribution in [2.45, 2.75) is 64.0 Å². The maximum absolute atomic E-state index is 6.32. The Labute approximate surface area is 106 Å². The molecule has 3 fully saturated rings. The predicted molar refractivity (Wildman–Crippen MR) is 71.8 cm³/mol. The van der Waals surface area contributed by atoms with Crippen molar-refractivity contribution in [1.29, 1.82) is 0 Å². The van der Waals surface area contributed by atoms with Gasteiger partial charge in [-0.25, -0.2) is 0 Å². The Balaban J connectivity index is 1.65. The fraction of sp³-hybridized carbons (Fsp3) is 1.00. The van der Waals surface area contributed by atoms with Gasteiger partial charge in [0, 0.05) is 25.2 Å². The molecule has 3 rings (SSSR count). The summed E-state index contributed by atoms with van der Waals surface area (Å²) in [6.45, 7) is 5.12. The lowest BCUT2D eigenvalue weighted by molar-refractivity contribution is 0.131. The Kier molecular flexibility index (Phi) is 3.45. The van der Waals surface area contributed by atoms with Crippen LogP contribution in [0, 0.1) is 17.8 Å². The van der Waals surface area contributed by atoms with E-state index in [4.69, 9.17) is 5.73 Å². The van der Waals surface area contributed by atoms with Crippen molar-refractivity contribution in [1.82, 2.24) is 4.90 Å². The highest BCUT2D eigenvalue weighted by Gasteiger charge is 2.42. The van der Waals surface area contributed by atoms with Crippen LogP contribution in [0.1, 0.15) is 51.9 Å². The molecule has 5 unspecified atom stereocenters. The molecule has 3 aliphatic rings. The number of fused-ring (bicyclic) bond motifs is 1. The molecule has 2 heteroatoms. The standard InChI is InChI=1S/C15H28N2/c1-11-5-2-3-8-15(11)17-9-12-6-4-7-14(16)13(12)10-17/h11-15H,2-10,16H2,1H3. The third-order valence-corrected chi connectivity index (χ3v) is 5.72.